The number of hydrogen-bond donors (Lipinski definition) is 1. The standard InChI is InChI=1S/C15H23ClN2O/c1-12-7-14(9-15(16)8-12)10-17-13(2)11-18-3-5-19-6-4-18/h7-9,13,17H,3-6,10-11H2,1-2H3. The molecule has 4 heteroatoms. The summed E-state index contributed by atoms with van der Waals surface area (Å²) in [6.45, 7) is 10.1. The molecular formula is C15H23ClN2O. The van der Waals surface area contributed by atoms with Crippen LogP contribution in [0.15, 0.2) is 18.2 Å². The molecule has 1 aliphatic rings. The first kappa shape index (κ1) is 14.8. The Kier molecular flexibility index (Phi) is 5.64. The van der Waals surface area contributed by atoms with Crippen molar-refractivity contribution in [3.63, 3.8) is 0 Å². The Labute approximate surface area is 120 Å². The predicted molar refractivity (Wildman–Crippen MR) is 79.7 cm³/mol. The third-order valence-electron chi connectivity index (χ3n) is 3.39. The molecule has 1 aromatic rings. The van der Waals surface area contributed by atoms with Crippen molar-refractivity contribution >= 4 is 11.6 Å². The maximum atomic E-state index is 6.07. The van der Waals surface area contributed by atoms with E-state index in [9.17, 15) is 0 Å². The van der Waals surface area contributed by atoms with Crippen LogP contribution in [-0.2, 0) is 11.3 Å². The first-order valence-corrected chi connectivity index (χ1v) is 7.31. The summed E-state index contributed by atoms with van der Waals surface area (Å²) < 4.78 is 5.36. The minimum absolute atomic E-state index is 0.470. The van der Waals surface area contributed by atoms with Crippen LogP contribution >= 0.6 is 11.6 Å². The lowest BCUT2D eigenvalue weighted by Gasteiger charge is -2.29. The minimum Gasteiger partial charge on any atom is -0.379 e. The molecule has 1 aromatic carbocycles. The Hall–Kier alpha value is -0.610. The number of rotatable bonds is 5. The molecular weight excluding hydrogens is 260 g/mol. The average Bonchev–Trinajstić information content (AvgIpc) is 2.36. The van der Waals surface area contributed by atoms with Crippen molar-refractivity contribution in [3.8, 4) is 0 Å². The van der Waals surface area contributed by atoms with Crippen LogP contribution in [0.1, 0.15) is 18.1 Å². The van der Waals surface area contributed by atoms with Crippen LogP contribution in [-0.4, -0.2) is 43.8 Å². The molecule has 0 bridgehead atoms. The van der Waals surface area contributed by atoms with Gasteiger partial charge in [0.05, 0.1) is 13.2 Å². The van der Waals surface area contributed by atoms with Gasteiger partial charge in [-0.25, -0.2) is 0 Å². The molecule has 1 saturated heterocycles. The SMILES string of the molecule is Cc1cc(Cl)cc(CNC(C)CN2CCOCC2)c1. The molecule has 0 amide bonds. The van der Waals surface area contributed by atoms with Crippen molar-refractivity contribution in [2.75, 3.05) is 32.8 Å². The number of nitrogens with one attached hydrogen (secondary N) is 1. The monoisotopic (exact) mass is 282 g/mol. The minimum atomic E-state index is 0.470. The summed E-state index contributed by atoms with van der Waals surface area (Å²) in [6.07, 6.45) is 0. The van der Waals surface area contributed by atoms with Crippen molar-refractivity contribution in [2.24, 2.45) is 0 Å². The van der Waals surface area contributed by atoms with Crippen LogP contribution in [0.3, 0.4) is 0 Å². The molecule has 3 nitrogen and oxygen atoms in total. The normalized spacial score (nSPS) is 18.5. The number of nitrogens with zero attached hydrogens (tertiary/aromatic N) is 1. The molecule has 1 atom stereocenters. The smallest absolute Gasteiger partial charge is 0.0594 e. The van der Waals surface area contributed by atoms with Gasteiger partial charge in [-0.3, -0.25) is 4.90 Å². The molecule has 106 valence electrons. The Bertz CT molecular complexity index is 385. The topological polar surface area (TPSA) is 24.5 Å². The quantitative estimate of drug-likeness (QED) is 0.898. The van der Waals surface area contributed by atoms with Gasteiger partial charge in [-0.05, 0) is 37.1 Å². The summed E-state index contributed by atoms with van der Waals surface area (Å²) in [7, 11) is 0. The van der Waals surface area contributed by atoms with E-state index in [-0.39, 0.29) is 0 Å². The number of ether oxygens (including phenoxy) is 1. The van der Waals surface area contributed by atoms with Crippen LogP contribution in [0.4, 0.5) is 0 Å². The maximum Gasteiger partial charge on any atom is 0.0594 e. The van der Waals surface area contributed by atoms with Crippen LogP contribution < -0.4 is 5.32 Å². The van der Waals surface area contributed by atoms with E-state index in [2.05, 4.69) is 30.1 Å². The number of aryl methyl sites for hydroxylation is 1. The summed E-state index contributed by atoms with van der Waals surface area (Å²) >= 11 is 6.07. The molecule has 0 aliphatic carbocycles. The second-order valence-corrected chi connectivity index (χ2v) is 5.77. The van der Waals surface area contributed by atoms with Gasteiger partial charge in [0.15, 0.2) is 0 Å². The van der Waals surface area contributed by atoms with Gasteiger partial charge in [-0.2, -0.15) is 0 Å². The molecule has 1 heterocycles. The van der Waals surface area contributed by atoms with E-state index in [0.717, 1.165) is 44.4 Å². The molecule has 1 unspecified atom stereocenters. The second-order valence-electron chi connectivity index (χ2n) is 5.33. The zero-order chi connectivity index (χ0) is 13.7. The van der Waals surface area contributed by atoms with Crippen molar-refractivity contribution in [2.45, 2.75) is 26.4 Å². The molecule has 0 aromatic heterocycles. The van der Waals surface area contributed by atoms with E-state index in [4.69, 9.17) is 16.3 Å². The van der Waals surface area contributed by atoms with Crippen LogP contribution in [0, 0.1) is 6.92 Å². The fourth-order valence-electron chi connectivity index (χ4n) is 2.44. The van der Waals surface area contributed by atoms with Crippen LogP contribution in [0.5, 0.6) is 0 Å². The lowest BCUT2D eigenvalue weighted by atomic mass is 10.1. The zero-order valence-electron chi connectivity index (χ0n) is 11.8. The van der Waals surface area contributed by atoms with E-state index >= 15 is 0 Å². The van der Waals surface area contributed by atoms with Gasteiger partial charge in [-0.1, -0.05) is 17.7 Å². The molecule has 1 N–H and O–H groups in total. The van der Waals surface area contributed by atoms with Crippen LogP contribution in [0.2, 0.25) is 5.02 Å². The molecule has 0 saturated carbocycles. The summed E-state index contributed by atoms with van der Waals surface area (Å²) in [6, 6.07) is 6.67. The number of halogens is 1. The van der Waals surface area contributed by atoms with E-state index < -0.39 is 0 Å². The van der Waals surface area contributed by atoms with Gasteiger partial charge in [0.25, 0.3) is 0 Å². The van der Waals surface area contributed by atoms with E-state index in [1.807, 2.05) is 12.1 Å². The fourth-order valence-corrected chi connectivity index (χ4v) is 2.75. The van der Waals surface area contributed by atoms with Gasteiger partial charge in [0, 0.05) is 37.2 Å². The maximum absolute atomic E-state index is 6.07. The number of benzene rings is 1. The largest absolute Gasteiger partial charge is 0.379 e. The number of hydrogen-bond acceptors (Lipinski definition) is 3. The molecule has 0 spiro atoms. The van der Waals surface area contributed by atoms with Gasteiger partial charge in [-0.15, -0.1) is 0 Å². The summed E-state index contributed by atoms with van der Waals surface area (Å²) in [4.78, 5) is 2.45. The zero-order valence-corrected chi connectivity index (χ0v) is 12.5. The molecule has 0 radical (unpaired) electrons. The third-order valence-corrected chi connectivity index (χ3v) is 3.61. The highest BCUT2D eigenvalue weighted by atomic mass is 35.5. The van der Waals surface area contributed by atoms with Crippen molar-refractivity contribution < 1.29 is 4.74 Å². The van der Waals surface area contributed by atoms with Gasteiger partial charge < -0.3 is 10.1 Å². The van der Waals surface area contributed by atoms with Crippen molar-refractivity contribution in [1.29, 1.82) is 0 Å². The Balaban J connectivity index is 1.77. The summed E-state index contributed by atoms with van der Waals surface area (Å²) in [5.74, 6) is 0. The Morgan fingerprint density at radius 3 is 2.74 bits per heavy atom. The van der Waals surface area contributed by atoms with Gasteiger partial charge in [0.2, 0.25) is 0 Å². The first-order chi connectivity index (χ1) is 9.13. The predicted octanol–water partition coefficient (Wildman–Crippen LogP) is 2.46. The second kappa shape index (κ2) is 7.25. The summed E-state index contributed by atoms with van der Waals surface area (Å²) in [5, 5.41) is 4.38. The highest BCUT2D eigenvalue weighted by Crippen LogP contribution is 2.14. The highest BCUT2D eigenvalue weighted by Gasteiger charge is 2.13. The lowest BCUT2D eigenvalue weighted by molar-refractivity contribution is 0.0343. The molecule has 19 heavy (non-hydrogen) atoms. The van der Waals surface area contributed by atoms with E-state index in [0.29, 0.717) is 6.04 Å². The van der Waals surface area contributed by atoms with Gasteiger partial charge >= 0.3 is 0 Å². The van der Waals surface area contributed by atoms with E-state index in [1.165, 1.54) is 11.1 Å². The third kappa shape index (κ3) is 5.11. The molecule has 1 fully saturated rings. The first-order valence-electron chi connectivity index (χ1n) is 6.93. The Morgan fingerprint density at radius 2 is 2.05 bits per heavy atom. The highest BCUT2D eigenvalue weighted by molar-refractivity contribution is 6.30. The van der Waals surface area contributed by atoms with E-state index in [1.54, 1.807) is 0 Å². The van der Waals surface area contributed by atoms with Crippen LogP contribution in [0.25, 0.3) is 0 Å². The fraction of sp³-hybridized carbons (Fsp3) is 0.600. The molecule has 1 aliphatic heterocycles. The molecule has 2 rings (SSSR count). The van der Waals surface area contributed by atoms with Crippen molar-refractivity contribution in [3.05, 3.63) is 34.3 Å². The average molecular weight is 283 g/mol. The lowest BCUT2D eigenvalue weighted by Crippen LogP contribution is -2.44. The van der Waals surface area contributed by atoms with Crippen molar-refractivity contribution in [1.82, 2.24) is 10.2 Å². The van der Waals surface area contributed by atoms with Gasteiger partial charge in [0.1, 0.15) is 0 Å². The summed E-state index contributed by atoms with van der Waals surface area (Å²) in [5.41, 5.74) is 2.46. The Morgan fingerprint density at radius 1 is 1.32 bits per heavy atom. The number of morpholine rings is 1.